The third-order valence-electron chi connectivity index (χ3n) is 4.02. The van der Waals surface area contributed by atoms with E-state index in [0.29, 0.717) is 11.9 Å². The Labute approximate surface area is 123 Å². The van der Waals surface area contributed by atoms with Crippen LogP contribution in [-0.4, -0.2) is 21.5 Å². The first-order valence-electron chi connectivity index (χ1n) is 7.57. The van der Waals surface area contributed by atoms with Crippen molar-refractivity contribution in [2.24, 2.45) is 5.92 Å². The summed E-state index contributed by atoms with van der Waals surface area (Å²) in [6.07, 6.45) is 9.93. The molecule has 110 valence electrons. The number of rotatable bonds is 4. The largest absolute Gasteiger partial charge is 0.355 e. The molecule has 2 heterocycles. The van der Waals surface area contributed by atoms with Crippen LogP contribution >= 0.6 is 0 Å². The van der Waals surface area contributed by atoms with Gasteiger partial charge in [-0.05, 0) is 30.9 Å². The van der Waals surface area contributed by atoms with Crippen molar-refractivity contribution >= 4 is 5.95 Å². The number of nitrogens with zero attached hydrogens (tertiary/aromatic N) is 2. The van der Waals surface area contributed by atoms with E-state index in [2.05, 4.69) is 20.3 Å². The second kappa shape index (κ2) is 6.52. The van der Waals surface area contributed by atoms with Gasteiger partial charge in [0.1, 0.15) is 0 Å². The SMILES string of the molecule is O=c1cc(-c2ccncc2)[nH]c(NCC2CCCCC2)n1. The lowest BCUT2D eigenvalue weighted by Gasteiger charge is -2.21. The summed E-state index contributed by atoms with van der Waals surface area (Å²) in [5.41, 5.74) is 1.47. The van der Waals surface area contributed by atoms with Crippen LogP contribution < -0.4 is 10.9 Å². The third kappa shape index (κ3) is 3.68. The first-order valence-corrected chi connectivity index (χ1v) is 7.57. The lowest BCUT2D eigenvalue weighted by Crippen LogP contribution is -2.20. The maximum Gasteiger partial charge on any atom is 0.275 e. The smallest absolute Gasteiger partial charge is 0.275 e. The number of hydrogen-bond acceptors (Lipinski definition) is 4. The van der Waals surface area contributed by atoms with E-state index in [0.717, 1.165) is 17.8 Å². The fraction of sp³-hybridized carbons (Fsp3) is 0.438. The summed E-state index contributed by atoms with van der Waals surface area (Å²) < 4.78 is 0. The molecular formula is C16H20N4O. The summed E-state index contributed by atoms with van der Waals surface area (Å²) in [6.45, 7) is 0.878. The molecule has 0 amide bonds. The van der Waals surface area contributed by atoms with Gasteiger partial charge < -0.3 is 10.3 Å². The van der Waals surface area contributed by atoms with Crippen molar-refractivity contribution in [3.8, 4) is 11.3 Å². The lowest BCUT2D eigenvalue weighted by atomic mass is 9.89. The third-order valence-corrected chi connectivity index (χ3v) is 4.02. The van der Waals surface area contributed by atoms with E-state index in [4.69, 9.17) is 0 Å². The van der Waals surface area contributed by atoms with Gasteiger partial charge in [0.05, 0.1) is 5.69 Å². The van der Waals surface area contributed by atoms with Crippen LogP contribution in [0, 0.1) is 5.92 Å². The van der Waals surface area contributed by atoms with Crippen LogP contribution in [0.25, 0.3) is 11.3 Å². The van der Waals surface area contributed by atoms with Gasteiger partial charge in [0.15, 0.2) is 0 Å². The van der Waals surface area contributed by atoms with Crippen LogP contribution in [-0.2, 0) is 0 Å². The van der Waals surface area contributed by atoms with Crippen molar-refractivity contribution in [2.75, 3.05) is 11.9 Å². The molecule has 21 heavy (non-hydrogen) atoms. The van der Waals surface area contributed by atoms with Crippen molar-refractivity contribution < 1.29 is 0 Å². The van der Waals surface area contributed by atoms with Crippen molar-refractivity contribution in [1.82, 2.24) is 15.0 Å². The average Bonchev–Trinajstić information content (AvgIpc) is 2.54. The minimum absolute atomic E-state index is 0.230. The van der Waals surface area contributed by atoms with Crippen LogP contribution in [0.3, 0.4) is 0 Å². The topological polar surface area (TPSA) is 70.7 Å². The first-order chi connectivity index (χ1) is 10.3. The maximum absolute atomic E-state index is 11.7. The minimum Gasteiger partial charge on any atom is -0.355 e. The summed E-state index contributed by atoms with van der Waals surface area (Å²) in [6, 6.07) is 5.26. The van der Waals surface area contributed by atoms with Gasteiger partial charge in [0, 0.05) is 30.6 Å². The molecule has 1 aliphatic carbocycles. The van der Waals surface area contributed by atoms with E-state index in [1.807, 2.05) is 12.1 Å². The molecule has 1 saturated carbocycles. The van der Waals surface area contributed by atoms with Crippen molar-refractivity contribution in [2.45, 2.75) is 32.1 Å². The molecule has 1 fully saturated rings. The normalized spacial score (nSPS) is 15.8. The van der Waals surface area contributed by atoms with Gasteiger partial charge in [-0.2, -0.15) is 4.98 Å². The number of anilines is 1. The number of aromatic amines is 1. The van der Waals surface area contributed by atoms with Crippen LogP contribution in [0.15, 0.2) is 35.4 Å². The summed E-state index contributed by atoms with van der Waals surface area (Å²) >= 11 is 0. The molecule has 2 aromatic rings. The van der Waals surface area contributed by atoms with Crippen molar-refractivity contribution in [3.63, 3.8) is 0 Å². The van der Waals surface area contributed by atoms with E-state index >= 15 is 0 Å². The Hall–Kier alpha value is -2.17. The predicted octanol–water partition coefficient (Wildman–Crippen LogP) is 2.82. The van der Waals surface area contributed by atoms with E-state index in [-0.39, 0.29) is 5.56 Å². The molecule has 0 saturated heterocycles. The zero-order valence-electron chi connectivity index (χ0n) is 12.0. The van der Waals surface area contributed by atoms with Crippen molar-refractivity contribution in [3.05, 3.63) is 40.9 Å². The second-order valence-electron chi connectivity index (χ2n) is 5.60. The van der Waals surface area contributed by atoms with Crippen LogP contribution in [0.4, 0.5) is 5.95 Å². The Kier molecular flexibility index (Phi) is 4.28. The highest BCUT2D eigenvalue weighted by Gasteiger charge is 2.13. The van der Waals surface area contributed by atoms with Crippen LogP contribution in [0.1, 0.15) is 32.1 Å². The lowest BCUT2D eigenvalue weighted by molar-refractivity contribution is 0.373. The number of pyridine rings is 1. The molecule has 0 aromatic carbocycles. The fourth-order valence-electron chi connectivity index (χ4n) is 2.86. The maximum atomic E-state index is 11.7. The van der Waals surface area contributed by atoms with Crippen molar-refractivity contribution in [1.29, 1.82) is 0 Å². The molecule has 5 heteroatoms. The number of nitrogens with one attached hydrogen (secondary N) is 2. The first kappa shape index (κ1) is 13.8. The Balaban J connectivity index is 1.73. The van der Waals surface area contributed by atoms with Crippen LogP contribution in [0.2, 0.25) is 0 Å². The molecular weight excluding hydrogens is 264 g/mol. The Morgan fingerprint density at radius 1 is 1.19 bits per heavy atom. The molecule has 0 aliphatic heterocycles. The van der Waals surface area contributed by atoms with Crippen LogP contribution in [0.5, 0.6) is 0 Å². The van der Waals surface area contributed by atoms with E-state index in [1.54, 1.807) is 12.4 Å². The zero-order chi connectivity index (χ0) is 14.5. The van der Waals surface area contributed by atoms with E-state index in [1.165, 1.54) is 38.2 Å². The fourth-order valence-corrected chi connectivity index (χ4v) is 2.86. The second-order valence-corrected chi connectivity index (χ2v) is 5.60. The highest BCUT2D eigenvalue weighted by molar-refractivity contribution is 5.58. The minimum atomic E-state index is -0.230. The van der Waals surface area contributed by atoms with Gasteiger partial charge in [-0.25, -0.2) is 0 Å². The number of aromatic nitrogens is 3. The van der Waals surface area contributed by atoms with Gasteiger partial charge >= 0.3 is 0 Å². The molecule has 0 unspecified atom stereocenters. The highest BCUT2D eigenvalue weighted by Crippen LogP contribution is 2.23. The Morgan fingerprint density at radius 3 is 2.71 bits per heavy atom. The predicted molar refractivity (Wildman–Crippen MR) is 83.2 cm³/mol. The summed E-state index contributed by atoms with van der Waals surface area (Å²) in [5.74, 6) is 1.24. The van der Waals surface area contributed by atoms with Gasteiger partial charge in [0.25, 0.3) is 5.56 Å². The molecule has 3 rings (SSSR count). The summed E-state index contributed by atoms with van der Waals surface area (Å²) in [5, 5.41) is 3.28. The molecule has 0 spiro atoms. The molecule has 1 aliphatic rings. The van der Waals surface area contributed by atoms with E-state index in [9.17, 15) is 4.79 Å². The quantitative estimate of drug-likeness (QED) is 0.905. The van der Waals surface area contributed by atoms with Gasteiger partial charge in [-0.1, -0.05) is 19.3 Å². The molecule has 2 N–H and O–H groups in total. The van der Waals surface area contributed by atoms with Gasteiger partial charge in [0.2, 0.25) is 5.95 Å². The number of hydrogen-bond donors (Lipinski definition) is 2. The molecule has 0 atom stereocenters. The van der Waals surface area contributed by atoms with Gasteiger partial charge in [-0.3, -0.25) is 9.78 Å². The standard InChI is InChI=1S/C16H20N4O/c21-15-10-14(13-6-8-17-9-7-13)19-16(20-15)18-11-12-4-2-1-3-5-12/h6-10,12H,1-5,11H2,(H2,18,19,20,21). The van der Waals surface area contributed by atoms with Gasteiger partial charge in [-0.15, -0.1) is 0 Å². The molecule has 0 radical (unpaired) electrons. The summed E-state index contributed by atoms with van der Waals surface area (Å²) in [4.78, 5) is 22.9. The zero-order valence-corrected chi connectivity index (χ0v) is 12.0. The monoisotopic (exact) mass is 284 g/mol. The Morgan fingerprint density at radius 2 is 1.95 bits per heavy atom. The van der Waals surface area contributed by atoms with E-state index < -0.39 is 0 Å². The Bertz CT molecular complexity index is 632. The molecule has 0 bridgehead atoms. The highest BCUT2D eigenvalue weighted by atomic mass is 16.1. The summed E-state index contributed by atoms with van der Waals surface area (Å²) in [7, 11) is 0. The molecule has 5 nitrogen and oxygen atoms in total. The molecule has 2 aromatic heterocycles. The average molecular weight is 284 g/mol. The number of H-pyrrole nitrogens is 1.